The van der Waals surface area contributed by atoms with Gasteiger partial charge in [0.2, 0.25) is 5.91 Å². The van der Waals surface area contributed by atoms with Crippen molar-refractivity contribution in [2.75, 3.05) is 0 Å². The number of rotatable bonds is 9. The minimum absolute atomic E-state index is 0.129. The summed E-state index contributed by atoms with van der Waals surface area (Å²) in [4.78, 5) is 33.7. The van der Waals surface area contributed by atoms with E-state index in [9.17, 15) is 19.7 Å². The van der Waals surface area contributed by atoms with E-state index in [-0.39, 0.29) is 29.8 Å². The molecule has 168 valence electrons. The van der Waals surface area contributed by atoms with E-state index in [1.165, 1.54) is 36.5 Å². The van der Waals surface area contributed by atoms with E-state index in [0.29, 0.717) is 11.3 Å². The lowest BCUT2D eigenvalue weighted by atomic mass is 10.1. The molecule has 0 heterocycles. The Kier molecular flexibility index (Phi) is 7.87. The molecule has 9 nitrogen and oxygen atoms in total. The van der Waals surface area contributed by atoms with Crippen LogP contribution >= 0.6 is 15.9 Å². The van der Waals surface area contributed by atoms with E-state index >= 15 is 0 Å². The summed E-state index contributed by atoms with van der Waals surface area (Å²) in [5, 5.41) is 24.0. The van der Waals surface area contributed by atoms with Crippen LogP contribution in [0.25, 0.3) is 0 Å². The molecule has 0 aliphatic rings. The molecule has 33 heavy (non-hydrogen) atoms. The summed E-state index contributed by atoms with van der Waals surface area (Å²) in [5.41, 5.74) is 4.07. The Bertz CT molecular complexity index is 1210. The van der Waals surface area contributed by atoms with Crippen LogP contribution in [0.1, 0.15) is 27.0 Å². The third-order valence-electron chi connectivity index (χ3n) is 4.50. The van der Waals surface area contributed by atoms with Crippen LogP contribution in [-0.2, 0) is 17.8 Å². The first kappa shape index (κ1) is 23.6. The maximum Gasteiger partial charge on any atom is 0.335 e. The molecule has 0 saturated carbocycles. The van der Waals surface area contributed by atoms with Crippen LogP contribution in [0.3, 0.4) is 0 Å². The Morgan fingerprint density at radius 1 is 1.12 bits per heavy atom. The number of hydrogen-bond acceptors (Lipinski definition) is 6. The summed E-state index contributed by atoms with van der Waals surface area (Å²) >= 11 is 3.38. The Labute approximate surface area is 197 Å². The summed E-state index contributed by atoms with van der Waals surface area (Å²) in [7, 11) is 0. The smallest absolute Gasteiger partial charge is 0.335 e. The minimum Gasteiger partial charge on any atom is -0.488 e. The average Bonchev–Trinajstić information content (AvgIpc) is 2.79. The van der Waals surface area contributed by atoms with Gasteiger partial charge in [-0.2, -0.15) is 5.10 Å². The molecular formula is C23H18BrN3O6. The van der Waals surface area contributed by atoms with Gasteiger partial charge in [-0.15, -0.1) is 0 Å². The monoisotopic (exact) mass is 511 g/mol. The highest BCUT2D eigenvalue weighted by Crippen LogP contribution is 2.23. The number of carbonyl (C=O) groups excluding carboxylic acids is 1. The summed E-state index contributed by atoms with van der Waals surface area (Å²) in [6.45, 7) is 0.201. The number of hydrazone groups is 1. The summed E-state index contributed by atoms with van der Waals surface area (Å²) in [6.07, 6.45) is 1.22. The lowest BCUT2D eigenvalue weighted by molar-refractivity contribution is -0.385. The normalized spacial score (nSPS) is 10.7. The molecule has 0 aliphatic heterocycles. The van der Waals surface area contributed by atoms with E-state index in [0.717, 1.165) is 10.0 Å². The maximum absolute atomic E-state index is 12.2. The van der Waals surface area contributed by atoms with Crippen molar-refractivity contribution in [3.63, 3.8) is 0 Å². The molecular weight excluding hydrogens is 494 g/mol. The fourth-order valence-electron chi connectivity index (χ4n) is 2.88. The number of nitro benzene ring substituents is 1. The summed E-state index contributed by atoms with van der Waals surface area (Å²) < 4.78 is 6.60. The van der Waals surface area contributed by atoms with Crippen molar-refractivity contribution in [3.8, 4) is 5.75 Å². The average molecular weight is 512 g/mol. The lowest BCUT2D eigenvalue weighted by Gasteiger charge is -2.10. The third kappa shape index (κ3) is 6.71. The van der Waals surface area contributed by atoms with Crippen LogP contribution in [0.2, 0.25) is 0 Å². The molecule has 10 heteroatoms. The molecule has 0 spiro atoms. The van der Waals surface area contributed by atoms with Gasteiger partial charge in [-0.3, -0.25) is 14.9 Å². The number of nitrogens with zero attached hydrogens (tertiary/aromatic N) is 2. The molecule has 0 radical (unpaired) electrons. The van der Waals surface area contributed by atoms with Crippen LogP contribution in [0.4, 0.5) is 5.69 Å². The van der Waals surface area contributed by atoms with Crippen molar-refractivity contribution in [2.45, 2.75) is 13.0 Å². The fraction of sp³-hybridized carbons (Fsp3) is 0.0870. The highest BCUT2D eigenvalue weighted by atomic mass is 79.9. The topological polar surface area (TPSA) is 131 Å². The zero-order valence-electron chi connectivity index (χ0n) is 17.1. The van der Waals surface area contributed by atoms with Gasteiger partial charge in [0, 0.05) is 21.7 Å². The van der Waals surface area contributed by atoms with Gasteiger partial charge in [0.15, 0.2) is 0 Å². The largest absolute Gasteiger partial charge is 0.488 e. The van der Waals surface area contributed by atoms with Gasteiger partial charge >= 0.3 is 5.97 Å². The van der Waals surface area contributed by atoms with Gasteiger partial charge in [0.25, 0.3) is 5.69 Å². The van der Waals surface area contributed by atoms with E-state index in [1.807, 2.05) is 0 Å². The minimum atomic E-state index is -1.00. The van der Waals surface area contributed by atoms with E-state index in [4.69, 9.17) is 9.84 Å². The van der Waals surface area contributed by atoms with Gasteiger partial charge in [0.05, 0.1) is 23.1 Å². The summed E-state index contributed by atoms with van der Waals surface area (Å²) in [6, 6.07) is 17.6. The Balaban J connectivity index is 1.64. The van der Waals surface area contributed by atoms with Crippen LogP contribution in [-0.4, -0.2) is 28.1 Å². The number of para-hydroxylation sites is 1. The van der Waals surface area contributed by atoms with Crippen molar-refractivity contribution < 1.29 is 24.4 Å². The molecule has 1 amide bonds. The number of halogens is 1. The van der Waals surface area contributed by atoms with E-state index in [1.54, 1.807) is 36.4 Å². The molecule has 0 atom stereocenters. The van der Waals surface area contributed by atoms with Crippen LogP contribution in [0, 0.1) is 10.1 Å². The first-order valence-electron chi connectivity index (χ1n) is 9.62. The second-order valence-corrected chi connectivity index (χ2v) is 7.74. The zero-order valence-corrected chi connectivity index (χ0v) is 18.7. The molecule has 0 aromatic heterocycles. The molecule has 0 aliphatic carbocycles. The SMILES string of the molecule is O=C(Cc1ccccc1[N+](=O)[O-])N/N=C/c1cc(Br)ccc1OCc1ccc(C(=O)O)cc1. The number of ether oxygens (including phenoxy) is 1. The van der Waals surface area contributed by atoms with Crippen molar-refractivity contribution in [1.82, 2.24) is 5.43 Å². The molecule has 0 unspecified atom stereocenters. The molecule has 2 N–H and O–H groups in total. The molecule has 0 fully saturated rings. The van der Waals surface area contributed by atoms with Crippen LogP contribution in [0.15, 0.2) is 76.3 Å². The number of hydrogen-bond donors (Lipinski definition) is 2. The highest BCUT2D eigenvalue weighted by Gasteiger charge is 2.15. The predicted octanol–water partition coefficient (Wildman–Crippen LogP) is 4.33. The molecule has 0 bridgehead atoms. The van der Waals surface area contributed by atoms with Gasteiger partial charge in [0.1, 0.15) is 12.4 Å². The Hall–Kier alpha value is -4.05. The van der Waals surface area contributed by atoms with Gasteiger partial charge < -0.3 is 9.84 Å². The fourth-order valence-corrected chi connectivity index (χ4v) is 3.26. The second-order valence-electron chi connectivity index (χ2n) is 6.83. The summed E-state index contributed by atoms with van der Waals surface area (Å²) in [5.74, 6) is -1.01. The Morgan fingerprint density at radius 2 is 1.85 bits per heavy atom. The van der Waals surface area contributed by atoms with Crippen LogP contribution < -0.4 is 10.2 Å². The standard InChI is InChI=1S/C23H18BrN3O6/c24-19-9-10-21(33-14-15-5-7-16(8-6-15)23(29)30)18(11-19)13-25-26-22(28)12-17-3-1-2-4-20(17)27(31)32/h1-11,13H,12,14H2,(H,26,28)(H,29,30)/b25-13+. The number of carboxylic acid groups (broad SMARTS) is 1. The quantitative estimate of drug-likeness (QED) is 0.249. The number of carboxylic acids is 1. The number of nitro groups is 1. The molecule has 3 aromatic rings. The van der Waals surface area contributed by atoms with Gasteiger partial charge in [-0.05, 0) is 35.9 Å². The second kappa shape index (κ2) is 11.0. The molecule has 3 rings (SSSR count). The van der Waals surface area contributed by atoms with Gasteiger partial charge in [-0.1, -0.05) is 46.3 Å². The molecule has 0 saturated heterocycles. The third-order valence-corrected chi connectivity index (χ3v) is 4.99. The van der Waals surface area contributed by atoms with Crippen molar-refractivity contribution in [1.29, 1.82) is 0 Å². The Morgan fingerprint density at radius 3 is 2.55 bits per heavy atom. The first-order chi connectivity index (χ1) is 15.8. The van der Waals surface area contributed by atoms with E-state index < -0.39 is 16.8 Å². The number of nitrogens with one attached hydrogen (secondary N) is 1. The lowest BCUT2D eigenvalue weighted by Crippen LogP contribution is -2.20. The number of amides is 1. The zero-order chi connectivity index (χ0) is 23.8. The van der Waals surface area contributed by atoms with E-state index in [2.05, 4.69) is 26.5 Å². The number of aromatic carboxylic acids is 1. The van der Waals surface area contributed by atoms with Crippen molar-refractivity contribution in [3.05, 3.63) is 104 Å². The molecule has 3 aromatic carbocycles. The maximum atomic E-state index is 12.2. The predicted molar refractivity (Wildman–Crippen MR) is 124 cm³/mol. The first-order valence-corrected chi connectivity index (χ1v) is 10.4. The number of carbonyl (C=O) groups is 2. The van der Waals surface area contributed by atoms with Crippen molar-refractivity contribution in [2.24, 2.45) is 5.10 Å². The van der Waals surface area contributed by atoms with Crippen LogP contribution in [0.5, 0.6) is 5.75 Å². The van der Waals surface area contributed by atoms with Crippen molar-refractivity contribution >= 4 is 39.7 Å². The van der Waals surface area contributed by atoms with Gasteiger partial charge in [-0.25, -0.2) is 10.2 Å². The highest BCUT2D eigenvalue weighted by molar-refractivity contribution is 9.10. The number of benzene rings is 3.